The van der Waals surface area contributed by atoms with Crippen LogP contribution in [-0.4, -0.2) is 73.5 Å². The highest BCUT2D eigenvalue weighted by molar-refractivity contribution is 5.98. The van der Waals surface area contributed by atoms with E-state index in [0.29, 0.717) is 30.1 Å². The van der Waals surface area contributed by atoms with Crippen LogP contribution in [0.5, 0.6) is 5.75 Å². The topological polar surface area (TPSA) is 88.2 Å². The first-order valence-corrected chi connectivity index (χ1v) is 11.3. The summed E-state index contributed by atoms with van der Waals surface area (Å²) in [5.41, 5.74) is 0.964. The molecule has 0 unspecified atom stereocenters. The molecule has 2 aliphatic rings. The van der Waals surface area contributed by atoms with Crippen molar-refractivity contribution in [1.82, 2.24) is 9.80 Å². The third-order valence-electron chi connectivity index (χ3n) is 6.50. The Morgan fingerprint density at radius 2 is 1.91 bits per heavy atom. The number of hydrogen-bond acceptors (Lipinski definition) is 5. The van der Waals surface area contributed by atoms with E-state index in [2.05, 4.69) is 12.2 Å². The summed E-state index contributed by atoms with van der Waals surface area (Å²) in [6, 6.07) is 4.84. The standard InChI is InChI=1S/C24H35N3O5/c1-15-12-27(23(29)18-7-6-8-18)16(2)14-32-21-11-19(25-17(3)28)9-10-20(21)24(30)26(4)13-22(15)31-5/h9-11,15-16,18,22H,6-8,12-14H2,1-5H3,(H,25,28)/t15-,16+,22-/m0/s1. The summed E-state index contributed by atoms with van der Waals surface area (Å²) in [7, 11) is 3.38. The van der Waals surface area contributed by atoms with E-state index in [4.69, 9.17) is 9.47 Å². The van der Waals surface area contributed by atoms with Crippen molar-refractivity contribution in [2.75, 3.05) is 39.2 Å². The zero-order chi connectivity index (χ0) is 23.4. The molecule has 3 amide bonds. The van der Waals surface area contributed by atoms with Gasteiger partial charge in [-0.25, -0.2) is 0 Å². The second-order valence-corrected chi connectivity index (χ2v) is 9.11. The number of hydrogen-bond donors (Lipinski definition) is 1. The molecule has 1 N–H and O–H groups in total. The number of amides is 3. The molecular formula is C24H35N3O5. The summed E-state index contributed by atoms with van der Waals surface area (Å²) < 4.78 is 11.8. The molecule has 1 aromatic carbocycles. The number of benzene rings is 1. The third-order valence-corrected chi connectivity index (χ3v) is 6.50. The fourth-order valence-corrected chi connectivity index (χ4v) is 4.25. The summed E-state index contributed by atoms with van der Waals surface area (Å²) in [6.45, 7) is 6.64. The van der Waals surface area contributed by atoms with Gasteiger partial charge in [-0.3, -0.25) is 14.4 Å². The average Bonchev–Trinajstić information content (AvgIpc) is 2.70. The second kappa shape index (κ2) is 10.3. The SMILES string of the molecule is CO[C@H]1CN(C)C(=O)c2ccc(NC(C)=O)cc2OC[C@@H](C)N(C(=O)C2CCC2)C[C@@H]1C. The smallest absolute Gasteiger partial charge is 0.257 e. The van der Waals surface area contributed by atoms with Crippen molar-refractivity contribution in [1.29, 1.82) is 0 Å². The van der Waals surface area contributed by atoms with Gasteiger partial charge in [0.05, 0.1) is 17.7 Å². The molecule has 1 heterocycles. The van der Waals surface area contributed by atoms with Crippen LogP contribution in [0.15, 0.2) is 18.2 Å². The highest BCUT2D eigenvalue weighted by Crippen LogP contribution is 2.31. The summed E-state index contributed by atoms with van der Waals surface area (Å²) in [6.07, 6.45) is 2.75. The van der Waals surface area contributed by atoms with E-state index in [1.165, 1.54) is 6.92 Å². The van der Waals surface area contributed by atoms with Crippen LogP contribution in [0.3, 0.4) is 0 Å². The number of methoxy groups -OCH3 is 1. The summed E-state index contributed by atoms with van der Waals surface area (Å²) >= 11 is 0. The van der Waals surface area contributed by atoms with Gasteiger partial charge in [-0.05, 0) is 31.9 Å². The van der Waals surface area contributed by atoms with E-state index < -0.39 is 0 Å². The lowest BCUT2D eigenvalue weighted by Gasteiger charge is -2.39. The summed E-state index contributed by atoms with van der Waals surface area (Å²) in [5.74, 6) is 0.300. The molecule has 0 bridgehead atoms. The van der Waals surface area contributed by atoms with Crippen molar-refractivity contribution >= 4 is 23.4 Å². The normalized spacial score (nSPS) is 25.0. The predicted octanol–water partition coefficient (Wildman–Crippen LogP) is 2.78. The number of likely N-dealkylation sites (N-methyl/N-ethyl adjacent to an activating group) is 1. The first-order chi connectivity index (χ1) is 15.2. The highest BCUT2D eigenvalue weighted by atomic mass is 16.5. The van der Waals surface area contributed by atoms with Crippen LogP contribution in [0.2, 0.25) is 0 Å². The lowest BCUT2D eigenvalue weighted by atomic mass is 9.83. The Morgan fingerprint density at radius 3 is 2.50 bits per heavy atom. The molecule has 1 aliphatic carbocycles. The second-order valence-electron chi connectivity index (χ2n) is 9.11. The van der Waals surface area contributed by atoms with E-state index in [9.17, 15) is 14.4 Å². The van der Waals surface area contributed by atoms with Gasteiger partial charge in [-0.2, -0.15) is 0 Å². The summed E-state index contributed by atoms with van der Waals surface area (Å²) in [4.78, 5) is 41.4. The van der Waals surface area contributed by atoms with Crippen LogP contribution in [0.1, 0.15) is 50.4 Å². The van der Waals surface area contributed by atoms with Crippen LogP contribution in [0.25, 0.3) is 0 Å². The number of anilines is 1. The maximum Gasteiger partial charge on any atom is 0.257 e. The van der Waals surface area contributed by atoms with E-state index in [1.54, 1.807) is 37.3 Å². The molecule has 1 fully saturated rings. The first-order valence-electron chi connectivity index (χ1n) is 11.3. The highest BCUT2D eigenvalue weighted by Gasteiger charge is 2.35. The van der Waals surface area contributed by atoms with Crippen molar-refractivity contribution in [2.45, 2.75) is 52.2 Å². The Balaban J connectivity index is 1.95. The van der Waals surface area contributed by atoms with Gasteiger partial charge in [0, 0.05) is 57.8 Å². The number of nitrogens with one attached hydrogen (secondary N) is 1. The Kier molecular flexibility index (Phi) is 7.77. The van der Waals surface area contributed by atoms with E-state index >= 15 is 0 Å². The maximum absolute atomic E-state index is 13.2. The van der Waals surface area contributed by atoms with Crippen molar-refractivity contribution in [3.63, 3.8) is 0 Å². The van der Waals surface area contributed by atoms with Crippen molar-refractivity contribution in [3.8, 4) is 5.75 Å². The molecule has 0 saturated heterocycles. The molecule has 3 rings (SSSR count). The number of rotatable bonds is 3. The molecule has 32 heavy (non-hydrogen) atoms. The molecule has 3 atom stereocenters. The van der Waals surface area contributed by atoms with Crippen molar-refractivity contribution < 1.29 is 23.9 Å². The fourth-order valence-electron chi connectivity index (χ4n) is 4.25. The lowest BCUT2D eigenvalue weighted by Crippen LogP contribution is -2.51. The largest absolute Gasteiger partial charge is 0.491 e. The average molecular weight is 446 g/mol. The molecule has 8 heteroatoms. The molecular weight excluding hydrogens is 410 g/mol. The minimum Gasteiger partial charge on any atom is -0.491 e. The number of fused-ring (bicyclic) bond motifs is 1. The Labute approximate surface area is 190 Å². The molecule has 176 valence electrons. The van der Waals surface area contributed by atoms with E-state index in [-0.39, 0.29) is 48.3 Å². The number of carbonyl (C=O) groups is 3. The summed E-state index contributed by atoms with van der Waals surface area (Å²) in [5, 5.41) is 2.73. The molecule has 1 aromatic rings. The van der Waals surface area contributed by atoms with Gasteiger partial charge in [-0.15, -0.1) is 0 Å². The minimum absolute atomic E-state index is 0.0442. The van der Waals surface area contributed by atoms with Gasteiger partial charge in [-0.1, -0.05) is 13.3 Å². The van der Waals surface area contributed by atoms with Gasteiger partial charge >= 0.3 is 0 Å². The zero-order valence-electron chi connectivity index (χ0n) is 19.7. The van der Waals surface area contributed by atoms with Gasteiger partial charge in [0.1, 0.15) is 12.4 Å². The number of nitrogens with zero attached hydrogens (tertiary/aromatic N) is 2. The van der Waals surface area contributed by atoms with Crippen LogP contribution < -0.4 is 10.1 Å². The van der Waals surface area contributed by atoms with Crippen LogP contribution in [-0.2, 0) is 14.3 Å². The van der Waals surface area contributed by atoms with Crippen LogP contribution in [0.4, 0.5) is 5.69 Å². The van der Waals surface area contributed by atoms with Crippen LogP contribution >= 0.6 is 0 Å². The van der Waals surface area contributed by atoms with Crippen molar-refractivity contribution in [3.05, 3.63) is 23.8 Å². The Morgan fingerprint density at radius 1 is 1.19 bits per heavy atom. The van der Waals surface area contributed by atoms with Crippen molar-refractivity contribution in [2.24, 2.45) is 11.8 Å². The van der Waals surface area contributed by atoms with Gasteiger partial charge in [0.2, 0.25) is 11.8 Å². The van der Waals surface area contributed by atoms with E-state index in [0.717, 1.165) is 19.3 Å². The predicted molar refractivity (Wildman–Crippen MR) is 122 cm³/mol. The first kappa shape index (κ1) is 24.0. The quantitative estimate of drug-likeness (QED) is 0.773. The molecule has 1 aliphatic heterocycles. The molecule has 8 nitrogen and oxygen atoms in total. The fraction of sp³-hybridized carbons (Fsp3) is 0.625. The van der Waals surface area contributed by atoms with Gasteiger partial charge in [0.15, 0.2) is 0 Å². The Hall–Kier alpha value is -2.61. The van der Waals surface area contributed by atoms with E-state index in [1.807, 2.05) is 11.8 Å². The van der Waals surface area contributed by atoms with Crippen LogP contribution in [0, 0.1) is 11.8 Å². The number of carbonyl (C=O) groups excluding carboxylic acids is 3. The third kappa shape index (κ3) is 5.41. The molecule has 0 aromatic heterocycles. The monoisotopic (exact) mass is 445 g/mol. The maximum atomic E-state index is 13.2. The zero-order valence-corrected chi connectivity index (χ0v) is 19.7. The number of ether oxygens (including phenoxy) is 2. The molecule has 1 saturated carbocycles. The molecule has 0 spiro atoms. The lowest BCUT2D eigenvalue weighted by molar-refractivity contribution is -0.142. The minimum atomic E-state index is -0.213. The van der Waals surface area contributed by atoms with Gasteiger partial charge < -0.3 is 24.6 Å². The molecule has 0 radical (unpaired) electrons. The van der Waals surface area contributed by atoms with Gasteiger partial charge in [0.25, 0.3) is 5.91 Å². The Bertz CT molecular complexity index is 854.